The summed E-state index contributed by atoms with van der Waals surface area (Å²) in [5, 5.41) is -0.0639. The molecule has 0 spiro atoms. The monoisotopic (exact) mass is 462 g/mol. The zero-order chi connectivity index (χ0) is 23.8. The molecule has 4 heteroatoms. The average molecular weight is 463 g/mol. The minimum Gasteiger partial charge on any atom is -0.363 e. The van der Waals surface area contributed by atoms with Gasteiger partial charge in [0.2, 0.25) is 5.91 Å². The van der Waals surface area contributed by atoms with Crippen molar-refractivity contribution in [2.75, 3.05) is 19.6 Å². The molecule has 0 saturated carbocycles. The number of amides is 1. The highest BCUT2D eigenvalue weighted by molar-refractivity contribution is 6.22. The van der Waals surface area contributed by atoms with Crippen LogP contribution in [0.3, 0.4) is 0 Å². The molecule has 0 radical (unpaired) electrons. The molecule has 2 aliphatic rings. The van der Waals surface area contributed by atoms with Crippen LogP contribution in [0.25, 0.3) is 0 Å². The van der Waals surface area contributed by atoms with Gasteiger partial charge in [-0.2, -0.15) is 0 Å². The molecule has 2 aromatic carbocycles. The van der Waals surface area contributed by atoms with E-state index in [9.17, 15) is 4.79 Å². The third kappa shape index (κ3) is 4.61. The fourth-order valence-corrected chi connectivity index (χ4v) is 5.32. The van der Waals surface area contributed by atoms with Gasteiger partial charge < -0.3 is 9.80 Å². The quantitative estimate of drug-likeness (QED) is 0.501. The molecule has 4 rings (SSSR count). The summed E-state index contributed by atoms with van der Waals surface area (Å²) in [6.45, 7) is 12.6. The summed E-state index contributed by atoms with van der Waals surface area (Å²) in [7, 11) is 0. The number of piperazine rings is 1. The van der Waals surface area contributed by atoms with Crippen molar-refractivity contribution in [3.05, 3.63) is 94.7 Å². The maximum Gasteiger partial charge on any atom is 0.232 e. The first-order chi connectivity index (χ1) is 15.7. The molecule has 0 N–H and O–H groups in total. The van der Waals surface area contributed by atoms with Crippen molar-refractivity contribution in [1.29, 1.82) is 0 Å². The molecule has 1 aliphatic heterocycles. The Hall–Kier alpha value is -2.52. The summed E-state index contributed by atoms with van der Waals surface area (Å²) in [4.78, 5) is 18.2. The molecule has 1 fully saturated rings. The summed E-state index contributed by atoms with van der Waals surface area (Å²) in [5.74, 6) is 0.469. The molecular formula is C29H35ClN2O. The Morgan fingerprint density at radius 2 is 1.64 bits per heavy atom. The Labute approximate surface area is 203 Å². The van der Waals surface area contributed by atoms with Crippen LogP contribution in [0.5, 0.6) is 0 Å². The fourth-order valence-electron chi connectivity index (χ4n) is 4.93. The standard InChI is InChI=1S/C29H35ClN2O/c1-20-11-14-23(15-12-20)26-19-31(28(33)29(4,5)24-9-7-6-8-10-24)17-18-32(26)25-16-13-21(2)22(3)27(25)30/h6-16,22,26-27H,17-19H2,1-5H3/t22?,26-,27?/m0/s1. The van der Waals surface area contributed by atoms with E-state index in [4.69, 9.17) is 11.6 Å². The molecule has 0 bridgehead atoms. The molecule has 1 aliphatic carbocycles. The number of rotatable bonds is 4. The lowest BCUT2D eigenvalue weighted by molar-refractivity contribution is -0.139. The number of carbonyl (C=O) groups is 1. The summed E-state index contributed by atoms with van der Waals surface area (Å²) in [5.41, 5.74) is 5.40. The van der Waals surface area contributed by atoms with Gasteiger partial charge in [0.1, 0.15) is 0 Å². The SMILES string of the molecule is CC1=CC=C(N2CCN(C(=O)C(C)(C)c3ccccc3)C[C@H]2c2ccc(C)cc2)C(Cl)C1C. The van der Waals surface area contributed by atoms with Crippen molar-refractivity contribution in [2.24, 2.45) is 5.92 Å². The first-order valence-electron chi connectivity index (χ1n) is 11.9. The summed E-state index contributed by atoms with van der Waals surface area (Å²) in [6.07, 6.45) is 4.38. The van der Waals surface area contributed by atoms with Crippen LogP contribution in [0.2, 0.25) is 0 Å². The molecular weight excluding hydrogens is 428 g/mol. The van der Waals surface area contributed by atoms with Gasteiger partial charge in [0.25, 0.3) is 0 Å². The Morgan fingerprint density at radius 3 is 2.30 bits per heavy atom. The van der Waals surface area contributed by atoms with E-state index in [1.165, 1.54) is 16.7 Å². The van der Waals surface area contributed by atoms with Crippen LogP contribution in [0, 0.1) is 12.8 Å². The van der Waals surface area contributed by atoms with Crippen molar-refractivity contribution in [2.45, 2.75) is 51.5 Å². The maximum atomic E-state index is 13.8. The topological polar surface area (TPSA) is 23.6 Å². The molecule has 1 heterocycles. The van der Waals surface area contributed by atoms with Gasteiger partial charge in [0.15, 0.2) is 0 Å². The van der Waals surface area contributed by atoms with Gasteiger partial charge in [-0.1, -0.05) is 78.7 Å². The molecule has 3 atom stereocenters. The second-order valence-electron chi connectivity index (χ2n) is 10.1. The number of hydrogen-bond donors (Lipinski definition) is 0. The molecule has 174 valence electrons. The molecule has 1 amide bonds. The van der Waals surface area contributed by atoms with E-state index in [1.807, 2.05) is 49.1 Å². The predicted molar refractivity (Wildman–Crippen MR) is 137 cm³/mol. The Balaban J connectivity index is 1.66. The lowest BCUT2D eigenvalue weighted by atomic mass is 9.82. The van der Waals surface area contributed by atoms with Crippen molar-refractivity contribution < 1.29 is 4.79 Å². The Bertz CT molecular complexity index is 1050. The first kappa shape index (κ1) is 23.6. The van der Waals surface area contributed by atoms with Gasteiger partial charge in [-0.05, 0) is 50.8 Å². The highest BCUT2D eigenvalue weighted by Crippen LogP contribution is 2.38. The highest BCUT2D eigenvalue weighted by Gasteiger charge is 2.40. The van der Waals surface area contributed by atoms with Crippen molar-refractivity contribution in [3.63, 3.8) is 0 Å². The van der Waals surface area contributed by atoms with Crippen LogP contribution in [0.15, 0.2) is 78.0 Å². The second-order valence-corrected chi connectivity index (χ2v) is 10.5. The normalized spacial score (nSPS) is 23.8. The third-order valence-electron chi connectivity index (χ3n) is 7.45. The minimum atomic E-state index is -0.575. The number of nitrogens with zero attached hydrogens (tertiary/aromatic N) is 2. The summed E-state index contributed by atoms with van der Waals surface area (Å²) in [6, 6.07) is 18.9. The van der Waals surface area contributed by atoms with Crippen LogP contribution in [0.1, 0.15) is 50.4 Å². The molecule has 3 nitrogen and oxygen atoms in total. The maximum absolute atomic E-state index is 13.8. The van der Waals surface area contributed by atoms with Gasteiger partial charge in [-0.3, -0.25) is 4.79 Å². The van der Waals surface area contributed by atoms with Crippen molar-refractivity contribution in [1.82, 2.24) is 9.80 Å². The predicted octanol–water partition coefficient (Wildman–Crippen LogP) is 6.25. The number of aryl methyl sites for hydroxylation is 1. The largest absolute Gasteiger partial charge is 0.363 e. The number of halogens is 1. The zero-order valence-corrected chi connectivity index (χ0v) is 21.1. The van der Waals surface area contributed by atoms with E-state index >= 15 is 0 Å². The van der Waals surface area contributed by atoms with Gasteiger partial charge in [-0.25, -0.2) is 0 Å². The summed E-state index contributed by atoms with van der Waals surface area (Å²) < 4.78 is 0. The van der Waals surface area contributed by atoms with E-state index in [1.54, 1.807) is 0 Å². The van der Waals surface area contributed by atoms with Gasteiger partial charge in [-0.15, -0.1) is 11.6 Å². The lowest BCUT2D eigenvalue weighted by Gasteiger charge is -2.47. The van der Waals surface area contributed by atoms with Crippen LogP contribution >= 0.6 is 11.6 Å². The molecule has 2 unspecified atom stereocenters. The summed E-state index contributed by atoms with van der Waals surface area (Å²) >= 11 is 6.96. The lowest BCUT2D eigenvalue weighted by Crippen LogP contribution is -2.55. The molecule has 1 saturated heterocycles. The van der Waals surface area contributed by atoms with E-state index in [2.05, 4.69) is 62.1 Å². The van der Waals surface area contributed by atoms with Crippen LogP contribution in [-0.2, 0) is 10.2 Å². The van der Waals surface area contributed by atoms with Crippen LogP contribution in [0.4, 0.5) is 0 Å². The van der Waals surface area contributed by atoms with Gasteiger partial charge in [0.05, 0.1) is 16.8 Å². The second kappa shape index (κ2) is 9.38. The van der Waals surface area contributed by atoms with Crippen molar-refractivity contribution in [3.8, 4) is 0 Å². The van der Waals surface area contributed by atoms with E-state index in [-0.39, 0.29) is 17.3 Å². The number of hydrogen-bond acceptors (Lipinski definition) is 2. The van der Waals surface area contributed by atoms with Gasteiger partial charge in [0, 0.05) is 25.3 Å². The molecule has 33 heavy (non-hydrogen) atoms. The molecule has 2 aromatic rings. The number of alkyl halides is 1. The van der Waals surface area contributed by atoms with Crippen LogP contribution in [-0.4, -0.2) is 40.7 Å². The number of carbonyl (C=O) groups excluding carboxylic acids is 1. The first-order valence-corrected chi connectivity index (χ1v) is 12.3. The third-order valence-corrected chi connectivity index (χ3v) is 8.05. The van der Waals surface area contributed by atoms with E-state index in [0.717, 1.165) is 17.8 Å². The van der Waals surface area contributed by atoms with E-state index in [0.29, 0.717) is 19.0 Å². The Kier molecular flexibility index (Phi) is 6.72. The number of benzene rings is 2. The Morgan fingerprint density at radius 1 is 0.970 bits per heavy atom. The average Bonchev–Trinajstić information content (AvgIpc) is 2.83. The molecule has 0 aromatic heterocycles. The van der Waals surface area contributed by atoms with Crippen LogP contribution < -0.4 is 0 Å². The van der Waals surface area contributed by atoms with E-state index < -0.39 is 5.41 Å². The fraction of sp³-hybridized carbons (Fsp3) is 0.414. The minimum absolute atomic E-state index is 0.0639. The van der Waals surface area contributed by atoms with Crippen molar-refractivity contribution >= 4 is 17.5 Å². The van der Waals surface area contributed by atoms with Gasteiger partial charge >= 0.3 is 0 Å². The highest BCUT2D eigenvalue weighted by atomic mass is 35.5. The number of allylic oxidation sites excluding steroid dienone is 4. The zero-order valence-electron chi connectivity index (χ0n) is 20.4. The smallest absolute Gasteiger partial charge is 0.232 e.